The van der Waals surface area contributed by atoms with Crippen LogP contribution in [0.1, 0.15) is 0 Å². The van der Waals surface area contributed by atoms with E-state index in [1.165, 1.54) is 0 Å². The van der Waals surface area contributed by atoms with Gasteiger partial charge in [0.2, 0.25) is 11.4 Å². The van der Waals surface area contributed by atoms with Crippen LogP contribution in [0.4, 0.5) is 11.8 Å². The second-order valence-electron chi connectivity index (χ2n) is 4.22. The molecule has 0 spiro atoms. The Morgan fingerprint density at radius 3 is 2.74 bits per heavy atom. The Morgan fingerprint density at radius 2 is 2.00 bits per heavy atom. The molecular weight excluding hydrogens is 266 g/mol. The van der Waals surface area contributed by atoms with Crippen molar-refractivity contribution in [2.45, 2.75) is 0 Å². The van der Waals surface area contributed by atoms with Crippen LogP contribution in [0.15, 0.2) is 23.0 Å². The van der Waals surface area contributed by atoms with Crippen LogP contribution in [0.5, 0.6) is 0 Å². The molecule has 2 heterocycles. The van der Waals surface area contributed by atoms with Crippen molar-refractivity contribution in [2.75, 3.05) is 11.5 Å². The molecule has 7 heteroatoms. The van der Waals surface area contributed by atoms with Crippen molar-refractivity contribution in [3.05, 3.63) is 33.4 Å². The predicted octanol–water partition coefficient (Wildman–Crippen LogP) is 1.30. The highest BCUT2D eigenvalue weighted by atomic mass is 35.5. The third-order valence-corrected chi connectivity index (χ3v) is 3.28. The highest BCUT2D eigenvalue weighted by molar-refractivity contribution is 6.31. The molecule has 0 unspecified atom stereocenters. The van der Waals surface area contributed by atoms with Gasteiger partial charge in [-0.3, -0.25) is 4.79 Å². The molecule has 0 aliphatic heterocycles. The van der Waals surface area contributed by atoms with E-state index in [1.807, 2.05) is 0 Å². The third-order valence-electron chi connectivity index (χ3n) is 3.04. The van der Waals surface area contributed by atoms with Crippen LogP contribution in [0.2, 0.25) is 5.02 Å². The van der Waals surface area contributed by atoms with Crippen LogP contribution in [-0.2, 0) is 7.05 Å². The molecule has 2 aromatic heterocycles. The molecule has 0 aliphatic rings. The van der Waals surface area contributed by atoms with Gasteiger partial charge in [-0.2, -0.15) is 9.97 Å². The lowest BCUT2D eigenvalue weighted by atomic mass is 10.1. The van der Waals surface area contributed by atoms with Crippen molar-refractivity contribution in [1.82, 2.24) is 14.5 Å². The van der Waals surface area contributed by atoms with Crippen LogP contribution in [0.25, 0.3) is 21.9 Å². The van der Waals surface area contributed by atoms with E-state index in [0.29, 0.717) is 21.6 Å². The molecule has 0 fully saturated rings. The molecule has 0 saturated heterocycles. The normalized spacial score (nSPS) is 11.3. The van der Waals surface area contributed by atoms with E-state index < -0.39 is 0 Å². The van der Waals surface area contributed by atoms with Gasteiger partial charge in [0, 0.05) is 17.5 Å². The largest absolute Gasteiger partial charge is 0.383 e. The third kappa shape index (κ3) is 1.61. The topological polar surface area (TPSA) is 99.8 Å². The summed E-state index contributed by atoms with van der Waals surface area (Å²) in [7, 11) is 1.78. The lowest BCUT2D eigenvalue weighted by molar-refractivity contribution is 0.972. The zero-order valence-corrected chi connectivity index (χ0v) is 10.8. The number of nitrogens with two attached hydrogens (primary N) is 2. The second kappa shape index (κ2) is 3.83. The number of rotatable bonds is 0. The Morgan fingerprint density at radius 1 is 1.26 bits per heavy atom. The van der Waals surface area contributed by atoms with Gasteiger partial charge in [0.25, 0.3) is 0 Å². The van der Waals surface area contributed by atoms with Gasteiger partial charge < -0.3 is 16.0 Å². The summed E-state index contributed by atoms with van der Waals surface area (Å²) in [6, 6.07) is 5.07. The van der Waals surface area contributed by atoms with Gasteiger partial charge in [-0.05, 0) is 18.2 Å². The first kappa shape index (κ1) is 11.7. The first-order valence-electron chi connectivity index (χ1n) is 5.50. The number of aryl methyl sites for hydroxylation is 1. The summed E-state index contributed by atoms with van der Waals surface area (Å²) in [5.41, 5.74) is 12.2. The van der Waals surface area contributed by atoms with Crippen molar-refractivity contribution in [3.8, 4) is 0 Å². The molecule has 3 rings (SSSR count). The lowest BCUT2D eigenvalue weighted by Gasteiger charge is -2.11. The number of nitrogens with zero attached hydrogens (tertiary/aromatic N) is 3. The molecular formula is C12H10ClN5O. The maximum absolute atomic E-state index is 12.5. The Hall–Kier alpha value is -2.34. The lowest BCUT2D eigenvalue weighted by Crippen LogP contribution is -2.14. The summed E-state index contributed by atoms with van der Waals surface area (Å²) in [4.78, 5) is 20.4. The van der Waals surface area contributed by atoms with Crippen LogP contribution < -0.4 is 16.9 Å². The van der Waals surface area contributed by atoms with Gasteiger partial charge in [0.05, 0.1) is 5.52 Å². The Labute approximate surface area is 112 Å². The Balaban J connectivity index is 2.69. The average molecular weight is 276 g/mol. The average Bonchev–Trinajstić information content (AvgIpc) is 2.35. The summed E-state index contributed by atoms with van der Waals surface area (Å²) in [5, 5.41) is 1.22. The summed E-state index contributed by atoms with van der Waals surface area (Å²) in [6.07, 6.45) is 0. The molecule has 0 bridgehead atoms. The van der Waals surface area contributed by atoms with E-state index >= 15 is 0 Å². The number of hydrogen-bond acceptors (Lipinski definition) is 5. The monoisotopic (exact) mass is 275 g/mol. The van der Waals surface area contributed by atoms with Crippen LogP contribution in [0.3, 0.4) is 0 Å². The number of nitrogen functional groups attached to an aromatic ring is 2. The van der Waals surface area contributed by atoms with E-state index in [2.05, 4.69) is 9.97 Å². The minimum atomic E-state index is -0.247. The minimum Gasteiger partial charge on any atom is -0.383 e. The molecule has 0 aliphatic carbocycles. The van der Waals surface area contributed by atoms with E-state index in [-0.39, 0.29) is 22.6 Å². The number of pyridine rings is 1. The standard InChI is InChI=1S/C12H10ClN5O/c1-18-7-3-2-5(13)4-6(7)9(19)8-10(14)16-12(15)17-11(8)18/h2-4H,1H3,(H4,14,15,16,17). The predicted molar refractivity (Wildman–Crippen MR) is 76.1 cm³/mol. The van der Waals surface area contributed by atoms with Crippen molar-refractivity contribution in [2.24, 2.45) is 7.05 Å². The molecule has 0 amide bonds. The molecule has 1 aromatic carbocycles. The summed E-state index contributed by atoms with van der Waals surface area (Å²) in [6.45, 7) is 0. The summed E-state index contributed by atoms with van der Waals surface area (Å²) < 4.78 is 1.75. The maximum Gasteiger partial charge on any atom is 0.223 e. The molecule has 0 saturated carbocycles. The first-order valence-corrected chi connectivity index (χ1v) is 5.88. The number of fused-ring (bicyclic) bond motifs is 2. The highest BCUT2D eigenvalue weighted by Crippen LogP contribution is 2.22. The fourth-order valence-electron chi connectivity index (χ4n) is 2.18. The highest BCUT2D eigenvalue weighted by Gasteiger charge is 2.14. The van der Waals surface area contributed by atoms with Crippen molar-refractivity contribution in [1.29, 1.82) is 0 Å². The zero-order chi connectivity index (χ0) is 13.7. The van der Waals surface area contributed by atoms with E-state index in [1.54, 1.807) is 29.8 Å². The second-order valence-corrected chi connectivity index (χ2v) is 4.65. The van der Waals surface area contributed by atoms with E-state index in [9.17, 15) is 4.79 Å². The number of halogens is 1. The number of hydrogen-bond donors (Lipinski definition) is 2. The van der Waals surface area contributed by atoms with Crippen LogP contribution in [0, 0.1) is 0 Å². The van der Waals surface area contributed by atoms with E-state index in [4.69, 9.17) is 23.1 Å². The van der Waals surface area contributed by atoms with Crippen LogP contribution >= 0.6 is 11.6 Å². The number of benzene rings is 1. The number of anilines is 2. The molecule has 6 nitrogen and oxygen atoms in total. The van der Waals surface area contributed by atoms with E-state index in [0.717, 1.165) is 0 Å². The molecule has 96 valence electrons. The van der Waals surface area contributed by atoms with Gasteiger partial charge >= 0.3 is 0 Å². The quantitative estimate of drug-likeness (QED) is 0.602. The van der Waals surface area contributed by atoms with Crippen molar-refractivity contribution in [3.63, 3.8) is 0 Å². The molecule has 0 atom stereocenters. The fourth-order valence-corrected chi connectivity index (χ4v) is 2.35. The molecule has 3 aromatic rings. The zero-order valence-electron chi connectivity index (χ0n) is 10.0. The van der Waals surface area contributed by atoms with Crippen molar-refractivity contribution < 1.29 is 0 Å². The molecule has 19 heavy (non-hydrogen) atoms. The smallest absolute Gasteiger partial charge is 0.223 e. The molecule has 0 radical (unpaired) electrons. The fraction of sp³-hybridized carbons (Fsp3) is 0.0833. The van der Waals surface area contributed by atoms with Crippen LogP contribution in [-0.4, -0.2) is 14.5 Å². The van der Waals surface area contributed by atoms with Gasteiger partial charge in [-0.15, -0.1) is 0 Å². The summed E-state index contributed by atoms with van der Waals surface area (Å²) >= 11 is 5.93. The SMILES string of the molecule is Cn1c2ccc(Cl)cc2c(=O)c2c(N)nc(N)nc21. The first-order chi connectivity index (χ1) is 8.99. The maximum atomic E-state index is 12.5. The van der Waals surface area contributed by atoms with Crippen molar-refractivity contribution >= 4 is 45.3 Å². The van der Waals surface area contributed by atoms with Gasteiger partial charge in [-0.1, -0.05) is 11.6 Å². The summed E-state index contributed by atoms with van der Waals surface area (Å²) in [5.74, 6) is 0.110. The van der Waals surface area contributed by atoms with Gasteiger partial charge in [0.15, 0.2) is 5.65 Å². The Bertz CT molecular complexity index is 887. The van der Waals surface area contributed by atoms with Gasteiger partial charge in [0.1, 0.15) is 11.2 Å². The molecule has 4 N–H and O–H groups in total. The minimum absolute atomic E-state index is 0.0355. The van der Waals surface area contributed by atoms with Gasteiger partial charge in [-0.25, -0.2) is 0 Å². The number of aromatic nitrogens is 3. The Kier molecular flexibility index (Phi) is 2.36.